The summed E-state index contributed by atoms with van der Waals surface area (Å²) in [6.45, 7) is -0.0945. The van der Waals surface area contributed by atoms with Gasteiger partial charge in [-0.25, -0.2) is 9.59 Å². The number of ether oxygens (including phenoxy) is 2. The first kappa shape index (κ1) is 43.3. The topological polar surface area (TPSA) is 275 Å². The number of aliphatic hydroxyl groups is 1. The zero-order valence-electron chi connectivity index (χ0n) is 29.3. The smallest absolute Gasteiger partial charge is 0.412 e. The molecule has 3 aromatic rings. The number of H-pyrrole nitrogens is 1. The van der Waals surface area contributed by atoms with Crippen LogP contribution >= 0.6 is 15.2 Å². The van der Waals surface area contributed by atoms with E-state index in [0.717, 1.165) is 31.4 Å². The normalized spacial score (nSPS) is 16.0. The number of hydrogen-bond donors (Lipinski definition) is 7. The monoisotopic (exact) mass is 814 g/mol. The Kier molecular flexibility index (Phi) is 14.9. The van der Waals surface area contributed by atoms with Gasteiger partial charge in [0.25, 0.3) is 5.08 Å². The maximum atomic E-state index is 16.0. The number of unbranched alkanes of at least 4 members (excludes halogenated alkanes) is 3. The number of aryl methyl sites for hydroxylation is 1. The Morgan fingerprint density at radius 3 is 2.35 bits per heavy atom. The van der Waals surface area contributed by atoms with E-state index in [0.29, 0.717) is 31.6 Å². The number of aromatic nitrogens is 4. The third-order valence-corrected chi connectivity index (χ3v) is 12.6. The van der Waals surface area contributed by atoms with Gasteiger partial charge in [-0.3, -0.25) is 13.9 Å². The van der Waals surface area contributed by atoms with Gasteiger partial charge in [-0.2, -0.15) is 14.0 Å². The minimum atomic E-state index is -5.71. The largest absolute Gasteiger partial charge is 0.448 e. The second-order valence-corrected chi connectivity index (χ2v) is 16.7. The fourth-order valence-electron chi connectivity index (χ4n) is 5.76. The van der Waals surface area contributed by atoms with Crippen LogP contribution in [0.5, 0.6) is 5.75 Å². The quantitative estimate of drug-likeness (QED) is 0.0370. The van der Waals surface area contributed by atoms with Crippen molar-refractivity contribution in [3.05, 3.63) is 83.7 Å². The van der Waals surface area contributed by atoms with Crippen LogP contribution in [0.15, 0.2) is 66.7 Å². The minimum absolute atomic E-state index is 0.131. The van der Waals surface area contributed by atoms with E-state index in [9.17, 15) is 48.2 Å². The molecule has 2 heterocycles. The number of rotatable bonds is 20. The van der Waals surface area contributed by atoms with Crippen molar-refractivity contribution < 1.29 is 66.4 Å². The highest BCUT2D eigenvalue weighted by Crippen LogP contribution is 2.69. The molecule has 1 aliphatic rings. The summed E-state index contributed by atoms with van der Waals surface area (Å²) in [5.74, 6) is -4.98. The molecule has 2 amide bonds. The van der Waals surface area contributed by atoms with Crippen molar-refractivity contribution >= 4 is 33.2 Å². The summed E-state index contributed by atoms with van der Waals surface area (Å²) < 4.78 is 65.7. The van der Waals surface area contributed by atoms with E-state index in [2.05, 4.69) is 25.9 Å². The van der Waals surface area contributed by atoms with Crippen LogP contribution in [0.1, 0.15) is 73.1 Å². The highest BCUT2D eigenvalue weighted by molar-refractivity contribution is 7.72. The Labute approximate surface area is 313 Å². The summed E-state index contributed by atoms with van der Waals surface area (Å²) >= 11 is 0. The standard InChI is InChI=1S/C33H42F2N6O12P2/c34-33(35,23-11-4-3-5-12-23)27(18-16-24-17-19-29(42)41(24)22-9-2-1-6-15-28-37-39-40-38-28)53-30(43)25-13-7-8-14-26(25)52-31(44)36-21-10-20-32(45,54(46,47)48)55(49,50)51/h3-5,7-8,11-14,16,18,24,27,45H,1-2,6,9-10,15,17,19-22H2,(H,36,44)(H2,46,47,48)(H2,49,50,51)(H,37,38,39,40)/b18-16+/t24-,27+/m0/s1. The van der Waals surface area contributed by atoms with Gasteiger partial charge in [-0.15, -0.1) is 10.2 Å². The molecule has 22 heteroatoms. The maximum Gasteiger partial charge on any atom is 0.412 e. The molecule has 7 N–H and O–H groups in total. The lowest BCUT2D eigenvalue weighted by atomic mass is 10.0. The summed E-state index contributed by atoms with van der Waals surface area (Å²) in [5.41, 5.74) is -0.875. The van der Waals surface area contributed by atoms with Gasteiger partial charge in [0.1, 0.15) is 11.3 Å². The van der Waals surface area contributed by atoms with E-state index in [1.807, 2.05) is 0 Å². The van der Waals surface area contributed by atoms with E-state index >= 15 is 8.78 Å². The number of hydrogen-bond acceptors (Lipinski definition) is 11. The van der Waals surface area contributed by atoms with E-state index in [4.69, 9.17) is 9.47 Å². The van der Waals surface area contributed by atoms with Gasteiger partial charge in [0.2, 0.25) is 5.91 Å². The number of benzene rings is 2. The molecule has 0 radical (unpaired) electrons. The number of nitrogens with one attached hydrogen (secondary N) is 2. The van der Waals surface area contributed by atoms with Gasteiger partial charge in [0.15, 0.2) is 11.9 Å². The van der Waals surface area contributed by atoms with Crippen LogP contribution in [0.4, 0.5) is 13.6 Å². The zero-order valence-corrected chi connectivity index (χ0v) is 31.1. The number of esters is 1. The summed E-state index contributed by atoms with van der Waals surface area (Å²) in [6.07, 6.45) is 1.83. The average molecular weight is 815 g/mol. The molecular weight excluding hydrogens is 772 g/mol. The summed E-state index contributed by atoms with van der Waals surface area (Å²) in [5, 5.41) is 22.2. The third-order valence-electron chi connectivity index (χ3n) is 8.77. The van der Waals surface area contributed by atoms with Crippen LogP contribution in [-0.4, -0.2) is 98.5 Å². The molecule has 1 aromatic heterocycles. The number of likely N-dealkylation sites (tertiary alicyclic amines) is 1. The minimum Gasteiger partial charge on any atom is -0.448 e. The van der Waals surface area contributed by atoms with E-state index in [-0.39, 0.29) is 12.3 Å². The van der Waals surface area contributed by atoms with Gasteiger partial charge >= 0.3 is 33.2 Å². The van der Waals surface area contributed by atoms with Crippen LogP contribution < -0.4 is 10.1 Å². The molecule has 0 saturated carbocycles. The number of amides is 2. The van der Waals surface area contributed by atoms with E-state index in [1.54, 1.807) is 4.90 Å². The highest BCUT2D eigenvalue weighted by Gasteiger charge is 2.58. The predicted molar refractivity (Wildman–Crippen MR) is 189 cm³/mol. The average Bonchev–Trinajstić information content (AvgIpc) is 3.78. The van der Waals surface area contributed by atoms with Gasteiger partial charge in [0, 0.05) is 37.9 Å². The zero-order chi connectivity index (χ0) is 40.3. The van der Waals surface area contributed by atoms with Crippen molar-refractivity contribution in [1.82, 2.24) is 30.8 Å². The molecule has 0 spiro atoms. The fraction of sp³-hybridized carbons (Fsp3) is 0.455. The van der Waals surface area contributed by atoms with Gasteiger partial charge in [-0.05, 0) is 43.9 Å². The van der Waals surface area contributed by atoms with Crippen molar-refractivity contribution in [2.24, 2.45) is 0 Å². The molecule has 300 valence electrons. The van der Waals surface area contributed by atoms with Crippen LogP contribution in [0.25, 0.3) is 0 Å². The lowest BCUT2D eigenvalue weighted by Gasteiger charge is -2.29. The summed E-state index contributed by atoms with van der Waals surface area (Å²) in [6, 6.07) is 11.2. The van der Waals surface area contributed by atoms with Gasteiger partial charge < -0.3 is 44.4 Å². The molecule has 0 bridgehead atoms. The summed E-state index contributed by atoms with van der Waals surface area (Å²) in [7, 11) is -11.4. The number of aromatic amines is 1. The SMILES string of the molecule is O=C(NCCCC(O)(P(=O)(O)O)P(=O)(O)O)Oc1ccccc1C(=O)O[C@H](/C=C/[C@H]1CCC(=O)N1CCCCCCc1nn[nH]n1)C(F)(F)c1ccccc1. The van der Waals surface area contributed by atoms with Crippen LogP contribution in [0, 0.1) is 0 Å². The Hall–Kier alpha value is -4.42. The van der Waals surface area contributed by atoms with E-state index < -0.39 is 86.7 Å². The molecule has 2 atom stereocenters. The van der Waals surface area contributed by atoms with Crippen LogP contribution in [0.2, 0.25) is 0 Å². The van der Waals surface area contributed by atoms with Crippen molar-refractivity contribution in [3.63, 3.8) is 0 Å². The maximum absolute atomic E-state index is 16.0. The molecule has 0 aliphatic carbocycles. The lowest BCUT2D eigenvalue weighted by Crippen LogP contribution is -2.36. The number of para-hydroxylation sites is 1. The van der Waals surface area contributed by atoms with Gasteiger partial charge in [0.05, 0.1) is 6.04 Å². The van der Waals surface area contributed by atoms with Gasteiger partial charge in [-0.1, -0.05) is 66.6 Å². The fourth-order valence-corrected chi connectivity index (χ4v) is 8.01. The van der Waals surface area contributed by atoms with Crippen molar-refractivity contribution in [1.29, 1.82) is 0 Å². The second-order valence-electron chi connectivity index (χ2n) is 12.7. The third kappa shape index (κ3) is 11.5. The molecule has 18 nitrogen and oxygen atoms in total. The first-order valence-electron chi connectivity index (χ1n) is 17.2. The molecule has 4 rings (SSSR count). The highest BCUT2D eigenvalue weighted by atomic mass is 31.2. The molecule has 2 aromatic carbocycles. The van der Waals surface area contributed by atoms with Crippen molar-refractivity contribution in [2.75, 3.05) is 13.1 Å². The van der Waals surface area contributed by atoms with Crippen LogP contribution in [-0.2, 0) is 31.0 Å². The number of carbonyl (C=O) groups excluding carboxylic acids is 3. The Morgan fingerprint density at radius 2 is 1.67 bits per heavy atom. The predicted octanol–water partition coefficient (Wildman–Crippen LogP) is 3.74. The first-order chi connectivity index (χ1) is 25.9. The Balaban J connectivity index is 1.42. The number of carbonyl (C=O) groups is 3. The van der Waals surface area contributed by atoms with Crippen LogP contribution in [0.3, 0.4) is 0 Å². The molecule has 1 aliphatic heterocycles. The van der Waals surface area contributed by atoms with E-state index in [1.165, 1.54) is 54.6 Å². The second kappa shape index (κ2) is 18.9. The van der Waals surface area contributed by atoms with Crippen molar-refractivity contribution in [2.45, 2.75) is 80.9 Å². The van der Waals surface area contributed by atoms with Crippen molar-refractivity contribution in [3.8, 4) is 5.75 Å². The molecule has 1 fully saturated rings. The summed E-state index contributed by atoms with van der Waals surface area (Å²) in [4.78, 5) is 77.4. The lowest BCUT2D eigenvalue weighted by molar-refractivity contribution is -0.128. The molecule has 1 saturated heterocycles. The molecule has 0 unspecified atom stereocenters. The number of halogens is 2. The Bertz CT molecular complexity index is 1850. The number of alkyl halides is 2. The number of tetrazole rings is 1. The molecule has 55 heavy (non-hydrogen) atoms. The number of nitrogens with zero attached hydrogens (tertiary/aromatic N) is 4. The molecular formula is C33H42F2N6O12P2. The Morgan fingerprint density at radius 1 is 1.00 bits per heavy atom. The first-order valence-corrected chi connectivity index (χ1v) is 20.4.